The molecular weight excluding hydrogens is 166 g/mol. The molecular formula is C10H15NS. The SMILES string of the molecule is CC(C)(C)SCc1cccnc1. The number of hydrogen-bond donors (Lipinski definition) is 0. The first-order valence-electron chi connectivity index (χ1n) is 4.11. The Morgan fingerprint density at radius 2 is 2.17 bits per heavy atom. The second-order valence-corrected chi connectivity index (χ2v) is 5.56. The van der Waals surface area contributed by atoms with Crippen LogP contribution in [0.5, 0.6) is 0 Å². The van der Waals surface area contributed by atoms with Crippen molar-refractivity contribution in [3.63, 3.8) is 0 Å². The lowest BCUT2D eigenvalue weighted by atomic mass is 10.3. The highest BCUT2D eigenvalue weighted by molar-refractivity contribution is 7.99. The fourth-order valence-electron chi connectivity index (χ4n) is 0.783. The molecule has 0 aliphatic rings. The second kappa shape index (κ2) is 3.94. The molecule has 0 spiro atoms. The third-order valence-electron chi connectivity index (χ3n) is 1.39. The summed E-state index contributed by atoms with van der Waals surface area (Å²) in [5.41, 5.74) is 1.30. The lowest BCUT2D eigenvalue weighted by molar-refractivity contribution is 0.802. The van der Waals surface area contributed by atoms with Crippen molar-refractivity contribution in [2.45, 2.75) is 31.3 Å². The molecule has 1 rings (SSSR count). The van der Waals surface area contributed by atoms with E-state index in [1.54, 1.807) is 0 Å². The molecule has 12 heavy (non-hydrogen) atoms. The smallest absolute Gasteiger partial charge is 0.0308 e. The molecule has 0 aliphatic heterocycles. The largest absolute Gasteiger partial charge is 0.264 e. The zero-order valence-corrected chi connectivity index (χ0v) is 8.69. The van der Waals surface area contributed by atoms with E-state index in [1.165, 1.54) is 5.56 Å². The molecule has 0 amide bonds. The first-order chi connectivity index (χ1) is 5.58. The van der Waals surface area contributed by atoms with Crippen LogP contribution in [0.1, 0.15) is 26.3 Å². The number of pyridine rings is 1. The van der Waals surface area contributed by atoms with Gasteiger partial charge >= 0.3 is 0 Å². The van der Waals surface area contributed by atoms with Crippen LogP contribution in [0, 0.1) is 0 Å². The van der Waals surface area contributed by atoms with E-state index in [1.807, 2.05) is 30.2 Å². The van der Waals surface area contributed by atoms with Gasteiger partial charge in [-0.1, -0.05) is 26.8 Å². The Hall–Kier alpha value is -0.500. The normalized spacial score (nSPS) is 11.6. The molecule has 2 heteroatoms. The van der Waals surface area contributed by atoms with E-state index in [9.17, 15) is 0 Å². The van der Waals surface area contributed by atoms with Gasteiger partial charge in [-0.25, -0.2) is 0 Å². The minimum absolute atomic E-state index is 0.343. The molecule has 0 unspecified atom stereocenters. The summed E-state index contributed by atoms with van der Waals surface area (Å²) in [4.78, 5) is 4.07. The second-order valence-electron chi connectivity index (χ2n) is 3.76. The van der Waals surface area contributed by atoms with E-state index in [4.69, 9.17) is 0 Å². The number of rotatable bonds is 2. The van der Waals surface area contributed by atoms with Gasteiger partial charge in [-0.05, 0) is 11.6 Å². The molecule has 1 nitrogen and oxygen atoms in total. The summed E-state index contributed by atoms with van der Waals surface area (Å²) in [7, 11) is 0. The summed E-state index contributed by atoms with van der Waals surface area (Å²) in [5, 5.41) is 0. The van der Waals surface area contributed by atoms with Crippen LogP contribution in [0.4, 0.5) is 0 Å². The van der Waals surface area contributed by atoms with Crippen LogP contribution < -0.4 is 0 Å². The summed E-state index contributed by atoms with van der Waals surface area (Å²) in [6.07, 6.45) is 3.74. The average Bonchev–Trinajstić information content (AvgIpc) is 2.02. The molecule has 0 fully saturated rings. The fourth-order valence-corrected chi connectivity index (χ4v) is 1.55. The van der Waals surface area contributed by atoms with Crippen molar-refractivity contribution in [2.75, 3.05) is 0 Å². The molecule has 1 heterocycles. The van der Waals surface area contributed by atoms with E-state index in [0.29, 0.717) is 4.75 Å². The van der Waals surface area contributed by atoms with E-state index in [-0.39, 0.29) is 0 Å². The molecule has 0 aliphatic carbocycles. The van der Waals surface area contributed by atoms with Gasteiger partial charge in [-0.2, -0.15) is 11.8 Å². The van der Waals surface area contributed by atoms with Crippen LogP contribution in [-0.2, 0) is 5.75 Å². The Kier molecular flexibility index (Phi) is 3.15. The van der Waals surface area contributed by atoms with Gasteiger partial charge in [0.1, 0.15) is 0 Å². The van der Waals surface area contributed by atoms with E-state index in [2.05, 4.69) is 31.8 Å². The Bertz CT molecular complexity index is 225. The lowest BCUT2D eigenvalue weighted by Gasteiger charge is -2.16. The van der Waals surface area contributed by atoms with E-state index in [0.717, 1.165) is 5.75 Å². The average molecular weight is 181 g/mol. The van der Waals surface area contributed by atoms with Crippen molar-refractivity contribution in [3.8, 4) is 0 Å². The van der Waals surface area contributed by atoms with Crippen LogP contribution in [0.3, 0.4) is 0 Å². The van der Waals surface area contributed by atoms with Crippen molar-refractivity contribution in [2.24, 2.45) is 0 Å². The molecule has 0 aromatic carbocycles. The Morgan fingerprint density at radius 1 is 1.42 bits per heavy atom. The lowest BCUT2D eigenvalue weighted by Crippen LogP contribution is -2.07. The third kappa shape index (κ3) is 3.77. The maximum absolute atomic E-state index is 4.07. The van der Waals surface area contributed by atoms with Crippen LogP contribution in [-0.4, -0.2) is 9.73 Å². The van der Waals surface area contributed by atoms with Gasteiger partial charge in [0.2, 0.25) is 0 Å². The molecule has 0 saturated carbocycles. The summed E-state index contributed by atoms with van der Waals surface area (Å²) < 4.78 is 0.343. The molecule has 1 aromatic rings. The summed E-state index contributed by atoms with van der Waals surface area (Å²) >= 11 is 1.95. The first-order valence-corrected chi connectivity index (χ1v) is 5.09. The molecule has 66 valence electrons. The van der Waals surface area contributed by atoms with Crippen LogP contribution in [0.15, 0.2) is 24.5 Å². The van der Waals surface area contributed by atoms with Gasteiger partial charge in [0.05, 0.1) is 0 Å². The maximum Gasteiger partial charge on any atom is 0.0308 e. The molecule has 0 radical (unpaired) electrons. The minimum Gasteiger partial charge on any atom is -0.264 e. The molecule has 1 aromatic heterocycles. The van der Waals surface area contributed by atoms with Crippen LogP contribution in [0.2, 0.25) is 0 Å². The van der Waals surface area contributed by atoms with Crippen molar-refractivity contribution >= 4 is 11.8 Å². The summed E-state index contributed by atoms with van der Waals surface area (Å²) in [6.45, 7) is 6.69. The zero-order valence-electron chi connectivity index (χ0n) is 7.87. The fraction of sp³-hybridized carbons (Fsp3) is 0.500. The van der Waals surface area contributed by atoms with Gasteiger partial charge in [0.25, 0.3) is 0 Å². The quantitative estimate of drug-likeness (QED) is 0.695. The van der Waals surface area contributed by atoms with Crippen molar-refractivity contribution in [3.05, 3.63) is 30.1 Å². The molecule has 0 saturated heterocycles. The van der Waals surface area contributed by atoms with Crippen molar-refractivity contribution in [1.82, 2.24) is 4.98 Å². The molecule has 0 bridgehead atoms. The number of nitrogens with zero attached hydrogens (tertiary/aromatic N) is 1. The Balaban J connectivity index is 2.44. The zero-order chi connectivity index (χ0) is 9.03. The highest BCUT2D eigenvalue weighted by Crippen LogP contribution is 2.26. The van der Waals surface area contributed by atoms with Crippen molar-refractivity contribution < 1.29 is 0 Å². The molecule has 0 atom stereocenters. The Labute approximate surface area is 78.6 Å². The maximum atomic E-state index is 4.07. The first kappa shape index (κ1) is 9.59. The molecule has 0 N–H and O–H groups in total. The predicted octanol–water partition coefficient (Wildman–Crippen LogP) is 3.11. The topological polar surface area (TPSA) is 12.9 Å². The monoisotopic (exact) mass is 181 g/mol. The van der Waals surface area contributed by atoms with Gasteiger partial charge in [-0.15, -0.1) is 0 Å². The van der Waals surface area contributed by atoms with Crippen LogP contribution in [0.25, 0.3) is 0 Å². The van der Waals surface area contributed by atoms with Gasteiger partial charge in [0, 0.05) is 22.9 Å². The minimum atomic E-state index is 0.343. The number of thioether (sulfide) groups is 1. The van der Waals surface area contributed by atoms with Gasteiger partial charge < -0.3 is 0 Å². The summed E-state index contributed by atoms with van der Waals surface area (Å²) in [5.74, 6) is 1.05. The predicted molar refractivity (Wildman–Crippen MR) is 55.3 cm³/mol. The summed E-state index contributed by atoms with van der Waals surface area (Å²) in [6, 6.07) is 4.10. The number of hydrogen-bond acceptors (Lipinski definition) is 2. The number of aromatic nitrogens is 1. The van der Waals surface area contributed by atoms with Gasteiger partial charge in [0.15, 0.2) is 0 Å². The highest BCUT2D eigenvalue weighted by Gasteiger charge is 2.09. The van der Waals surface area contributed by atoms with E-state index >= 15 is 0 Å². The van der Waals surface area contributed by atoms with E-state index < -0.39 is 0 Å². The highest BCUT2D eigenvalue weighted by atomic mass is 32.2. The van der Waals surface area contributed by atoms with Crippen LogP contribution >= 0.6 is 11.8 Å². The van der Waals surface area contributed by atoms with Crippen molar-refractivity contribution in [1.29, 1.82) is 0 Å². The Morgan fingerprint density at radius 3 is 2.67 bits per heavy atom. The third-order valence-corrected chi connectivity index (χ3v) is 2.74. The standard InChI is InChI=1S/C10H15NS/c1-10(2,3)12-8-9-5-4-6-11-7-9/h4-7H,8H2,1-3H3. The van der Waals surface area contributed by atoms with Gasteiger partial charge in [-0.3, -0.25) is 4.98 Å².